The Bertz CT molecular complexity index is 300. The van der Waals surface area contributed by atoms with Crippen LogP contribution in [0.5, 0.6) is 0 Å². The summed E-state index contributed by atoms with van der Waals surface area (Å²) in [6.45, 7) is 0.0564. The Morgan fingerprint density at radius 2 is 2.08 bits per heavy atom. The number of rotatable bonds is 4. The van der Waals surface area contributed by atoms with Crippen molar-refractivity contribution in [2.45, 2.75) is 12.5 Å². The number of hydrogen-bond donors (Lipinski definition) is 3. The largest absolute Gasteiger partial charge is 0.355 e. The van der Waals surface area contributed by atoms with Crippen molar-refractivity contribution >= 4 is 15.9 Å². The average Bonchev–Trinajstić information content (AvgIpc) is 2.63. The minimum Gasteiger partial charge on any atom is -0.355 e. The molecule has 1 aliphatic rings. The van der Waals surface area contributed by atoms with Gasteiger partial charge in [0.2, 0.25) is 15.9 Å². The predicted octanol–water partition coefficient (Wildman–Crippen LogP) is -2.26. The van der Waals surface area contributed by atoms with Gasteiger partial charge >= 0.3 is 0 Å². The lowest BCUT2D eigenvalue weighted by Gasteiger charge is -2.02. The molecule has 5 N–H and O–H groups in total. The molecule has 1 aliphatic carbocycles. The van der Waals surface area contributed by atoms with E-state index in [0.29, 0.717) is 6.42 Å². The van der Waals surface area contributed by atoms with Gasteiger partial charge in [0.1, 0.15) is 0 Å². The lowest BCUT2D eigenvalue weighted by molar-refractivity contribution is -0.122. The Labute approximate surface area is 76.7 Å². The van der Waals surface area contributed by atoms with E-state index in [9.17, 15) is 13.2 Å². The molecule has 0 radical (unpaired) electrons. The third-order valence-electron chi connectivity index (χ3n) is 1.86. The molecule has 0 aliphatic heterocycles. The van der Waals surface area contributed by atoms with Crippen LogP contribution < -0.4 is 16.2 Å². The SMILES string of the molecule is NC1CC1C(=O)NCCS(N)(=O)=O. The van der Waals surface area contributed by atoms with Gasteiger partial charge in [-0.25, -0.2) is 13.6 Å². The Balaban J connectivity index is 2.17. The first-order chi connectivity index (χ1) is 5.90. The molecule has 1 saturated carbocycles. The van der Waals surface area contributed by atoms with Crippen LogP contribution in [0.15, 0.2) is 0 Å². The molecule has 0 spiro atoms. The van der Waals surface area contributed by atoms with Gasteiger partial charge in [-0.2, -0.15) is 0 Å². The zero-order valence-corrected chi connectivity index (χ0v) is 7.88. The first-order valence-corrected chi connectivity index (χ1v) is 5.65. The molecule has 0 aromatic heterocycles. The van der Waals surface area contributed by atoms with Gasteiger partial charge in [-0.15, -0.1) is 0 Å². The molecular weight excluding hydrogens is 194 g/mol. The summed E-state index contributed by atoms with van der Waals surface area (Å²) in [4.78, 5) is 11.1. The summed E-state index contributed by atoms with van der Waals surface area (Å²) in [6.07, 6.45) is 0.682. The summed E-state index contributed by atoms with van der Waals surface area (Å²) in [7, 11) is -3.48. The van der Waals surface area contributed by atoms with Crippen LogP contribution >= 0.6 is 0 Å². The number of carbonyl (C=O) groups is 1. The molecule has 0 aromatic rings. The van der Waals surface area contributed by atoms with E-state index in [2.05, 4.69) is 5.32 Å². The number of nitrogens with two attached hydrogens (primary N) is 2. The van der Waals surface area contributed by atoms with Crippen molar-refractivity contribution in [3.05, 3.63) is 0 Å². The minimum atomic E-state index is -3.48. The standard InChI is InChI=1S/C6H13N3O3S/c7-5-3-4(5)6(10)9-1-2-13(8,11)12/h4-5H,1-3,7H2,(H,9,10)(H2,8,11,12). The quantitative estimate of drug-likeness (QED) is 0.482. The number of carbonyl (C=O) groups excluding carboxylic acids is 1. The minimum absolute atomic E-state index is 0.0564. The summed E-state index contributed by atoms with van der Waals surface area (Å²) >= 11 is 0. The smallest absolute Gasteiger partial charge is 0.224 e. The van der Waals surface area contributed by atoms with E-state index in [-0.39, 0.29) is 30.2 Å². The van der Waals surface area contributed by atoms with E-state index < -0.39 is 10.0 Å². The molecule has 1 amide bonds. The molecule has 7 heteroatoms. The van der Waals surface area contributed by atoms with E-state index >= 15 is 0 Å². The lowest BCUT2D eigenvalue weighted by atomic mass is 10.4. The van der Waals surface area contributed by atoms with Crippen molar-refractivity contribution in [1.82, 2.24) is 5.32 Å². The monoisotopic (exact) mass is 207 g/mol. The van der Waals surface area contributed by atoms with Gasteiger partial charge in [-0.05, 0) is 6.42 Å². The fourth-order valence-electron chi connectivity index (χ4n) is 0.964. The van der Waals surface area contributed by atoms with Crippen LogP contribution in [0.1, 0.15) is 6.42 Å². The van der Waals surface area contributed by atoms with Crippen molar-refractivity contribution in [1.29, 1.82) is 0 Å². The molecule has 0 saturated heterocycles. The van der Waals surface area contributed by atoms with Crippen LogP contribution in [-0.2, 0) is 14.8 Å². The van der Waals surface area contributed by atoms with Crippen molar-refractivity contribution < 1.29 is 13.2 Å². The Morgan fingerprint density at radius 1 is 1.54 bits per heavy atom. The molecule has 6 nitrogen and oxygen atoms in total. The topological polar surface area (TPSA) is 115 Å². The molecular formula is C6H13N3O3S. The second-order valence-corrected chi connectivity index (χ2v) is 4.90. The van der Waals surface area contributed by atoms with E-state index in [4.69, 9.17) is 10.9 Å². The first-order valence-electron chi connectivity index (χ1n) is 3.94. The number of nitrogens with one attached hydrogen (secondary N) is 1. The van der Waals surface area contributed by atoms with Gasteiger partial charge in [0.05, 0.1) is 11.7 Å². The molecule has 0 bridgehead atoms. The fraction of sp³-hybridized carbons (Fsp3) is 0.833. The fourth-order valence-corrected chi connectivity index (χ4v) is 1.35. The maximum Gasteiger partial charge on any atom is 0.224 e. The molecule has 0 aromatic carbocycles. The predicted molar refractivity (Wildman–Crippen MR) is 47.1 cm³/mol. The van der Waals surface area contributed by atoms with Gasteiger partial charge in [-0.3, -0.25) is 4.79 Å². The molecule has 76 valence electrons. The van der Waals surface area contributed by atoms with Gasteiger partial charge in [-0.1, -0.05) is 0 Å². The van der Waals surface area contributed by atoms with Crippen molar-refractivity contribution in [2.24, 2.45) is 16.8 Å². The summed E-state index contributed by atoms with van der Waals surface area (Å²) in [6, 6.07) is -0.0607. The average molecular weight is 207 g/mol. The van der Waals surface area contributed by atoms with E-state index in [1.54, 1.807) is 0 Å². The third kappa shape index (κ3) is 3.71. The second-order valence-electron chi connectivity index (χ2n) is 3.16. The normalized spacial score (nSPS) is 26.9. The van der Waals surface area contributed by atoms with Crippen molar-refractivity contribution in [3.8, 4) is 0 Å². The second kappa shape index (κ2) is 3.60. The highest BCUT2D eigenvalue weighted by molar-refractivity contribution is 7.89. The van der Waals surface area contributed by atoms with Gasteiger partial charge < -0.3 is 11.1 Å². The highest BCUT2D eigenvalue weighted by atomic mass is 32.2. The number of amides is 1. The van der Waals surface area contributed by atoms with Crippen molar-refractivity contribution in [3.63, 3.8) is 0 Å². The van der Waals surface area contributed by atoms with E-state index in [1.807, 2.05) is 0 Å². The Kier molecular flexibility index (Phi) is 2.89. The summed E-state index contributed by atoms with van der Waals surface area (Å²) in [5.41, 5.74) is 5.42. The van der Waals surface area contributed by atoms with Crippen LogP contribution in [0.25, 0.3) is 0 Å². The zero-order chi connectivity index (χ0) is 10.1. The van der Waals surface area contributed by atoms with Crippen LogP contribution in [0.3, 0.4) is 0 Å². The number of primary sulfonamides is 1. The molecule has 2 atom stereocenters. The van der Waals surface area contributed by atoms with Crippen LogP contribution in [-0.4, -0.2) is 32.7 Å². The highest BCUT2D eigenvalue weighted by Crippen LogP contribution is 2.27. The Hall–Kier alpha value is -0.660. The van der Waals surface area contributed by atoms with E-state index in [1.165, 1.54) is 0 Å². The molecule has 2 unspecified atom stereocenters. The molecule has 1 fully saturated rings. The highest BCUT2D eigenvalue weighted by Gasteiger charge is 2.39. The number of hydrogen-bond acceptors (Lipinski definition) is 4. The van der Waals surface area contributed by atoms with Gasteiger partial charge in [0.15, 0.2) is 0 Å². The maximum absolute atomic E-state index is 11.1. The summed E-state index contributed by atoms with van der Waals surface area (Å²) < 4.78 is 20.9. The number of sulfonamides is 1. The third-order valence-corrected chi connectivity index (χ3v) is 2.64. The summed E-state index contributed by atoms with van der Waals surface area (Å²) in [5, 5.41) is 7.19. The molecule has 0 heterocycles. The van der Waals surface area contributed by atoms with Crippen LogP contribution in [0, 0.1) is 5.92 Å². The van der Waals surface area contributed by atoms with Crippen molar-refractivity contribution in [2.75, 3.05) is 12.3 Å². The van der Waals surface area contributed by atoms with Gasteiger partial charge in [0.25, 0.3) is 0 Å². The zero-order valence-electron chi connectivity index (χ0n) is 7.06. The maximum atomic E-state index is 11.1. The lowest BCUT2D eigenvalue weighted by Crippen LogP contribution is -2.33. The first kappa shape index (κ1) is 10.4. The Morgan fingerprint density at radius 3 is 2.46 bits per heavy atom. The molecule has 1 rings (SSSR count). The van der Waals surface area contributed by atoms with Crippen LogP contribution in [0.2, 0.25) is 0 Å². The van der Waals surface area contributed by atoms with E-state index in [0.717, 1.165) is 0 Å². The van der Waals surface area contributed by atoms with Gasteiger partial charge in [0, 0.05) is 12.6 Å². The molecule has 13 heavy (non-hydrogen) atoms. The summed E-state index contributed by atoms with van der Waals surface area (Å²) in [5.74, 6) is -0.558. The van der Waals surface area contributed by atoms with Crippen LogP contribution in [0.4, 0.5) is 0 Å².